The number of aliphatic imine (C=N–C) groups is 2. The first-order valence-corrected chi connectivity index (χ1v) is 12.5. The van der Waals surface area contributed by atoms with E-state index in [2.05, 4.69) is 51.6 Å². The number of guanidine groups is 1. The van der Waals surface area contributed by atoms with Gasteiger partial charge in [-0.1, -0.05) is 44.9 Å². The van der Waals surface area contributed by atoms with Gasteiger partial charge in [0.15, 0.2) is 5.11 Å². The number of hydrogen-bond donors (Lipinski definition) is 3. The van der Waals surface area contributed by atoms with Gasteiger partial charge in [0.25, 0.3) is 0 Å². The molecular weight excluding hydrogens is 456 g/mol. The summed E-state index contributed by atoms with van der Waals surface area (Å²) in [5.74, 6) is 1.70. The Kier molecular flexibility index (Phi) is 11.6. The third-order valence-electron chi connectivity index (χ3n) is 5.67. The molecule has 0 aromatic heterocycles. The molecule has 1 aliphatic rings. The van der Waals surface area contributed by atoms with E-state index in [1.807, 2.05) is 24.4 Å². The highest BCUT2D eigenvalue weighted by Crippen LogP contribution is 2.27. The zero-order valence-electron chi connectivity index (χ0n) is 20.2. The van der Waals surface area contributed by atoms with Crippen molar-refractivity contribution in [3.05, 3.63) is 28.8 Å². The van der Waals surface area contributed by atoms with Crippen LogP contribution in [0.5, 0.6) is 0 Å². The second-order valence-electron chi connectivity index (χ2n) is 8.56. The summed E-state index contributed by atoms with van der Waals surface area (Å²) < 4.78 is 0. The fraction of sp³-hybridized carbons (Fsp3) is 0.583. The number of nitrogens with one attached hydrogen (secondary N) is 3. The van der Waals surface area contributed by atoms with Crippen molar-refractivity contribution in [2.75, 3.05) is 32.0 Å². The van der Waals surface area contributed by atoms with Crippen LogP contribution in [0.15, 0.2) is 28.2 Å². The summed E-state index contributed by atoms with van der Waals surface area (Å²) in [6, 6.07) is 5.34. The predicted octanol–water partition coefficient (Wildman–Crippen LogP) is 5.42. The third kappa shape index (κ3) is 9.29. The van der Waals surface area contributed by atoms with Crippen molar-refractivity contribution in [3.63, 3.8) is 0 Å². The lowest BCUT2D eigenvalue weighted by molar-refractivity contribution is 0.237. The molecule has 182 valence electrons. The normalized spacial score (nSPS) is 15.2. The summed E-state index contributed by atoms with van der Waals surface area (Å²) >= 11 is 11.4. The Hall–Kier alpha value is -2.19. The number of amides is 2. The molecule has 2 rings (SSSR count). The number of urea groups is 1. The topological polar surface area (TPSA) is 81.1 Å². The van der Waals surface area contributed by atoms with Crippen molar-refractivity contribution in [1.82, 2.24) is 15.5 Å². The molecule has 1 saturated heterocycles. The molecule has 9 heteroatoms. The first-order chi connectivity index (χ1) is 15.8. The molecule has 0 unspecified atom stereocenters. The smallest absolute Gasteiger partial charge is 0.321 e. The highest BCUT2D eigenvalue weighted by atomic mass is 35.5. The molecule has 0 bridgehead atoms. The van der Waals surface area contributed by atoms with Crippen LogP contribution >= 0.6 is 23.8 Å². The van der Waals surface area contributed by atoms with Gasteiger partial charge in [0.2, 0.25) is 5.96 Å². The highest BCUT2D eigenvalue weighted by Gasteiger charge is 2.21. The zero-order chi connectivity index (χ0) is 24.2. The number of halogens is 1. The van der Waals surface area contributed by atoms with Crippen LogP contribution in [0, 0.1) is 5.92 Å². The fourth-order valence-corrected chi connectivity index (χ4v) is 4.18. The van der Waals surface area contributed by atoms with E-state index in [0.29, 0.717) is 23.4 Å². The summed E-state index contributed by atoms with van der Waals surface area (Å²) in [5, 5.41) is 9.56. The molecular formula is C24H37ClN6OS. The Morgan fingerprint density at radius 3 is 2.70 bits per heavy atom. The number of likely N-dealkylation sites (tertiary alicyclic amines) is 1. The van der Waals surface area contributed by atoms with E-state index in [0.717, 1.165) is 62.4 Å². The zero-order valence-corrected chi connectivity index (χ0v) is 21.7. The number of anilines is 1. The lowest BCUT2D eigenvalue weighted by Crippen LogP contribution is -2.43. The molecule has 1 aliphatic heterocycles. The summed E-state index contributed by atoms with van der Waals surface area (Å²) in [7, 11) is 1.79. The standard InChI is InChI=1S/C24H37ClN6OS/c1-5-6-12-27-22(26-4)31-14-10-18(11-15-31)9-13-28-23(32)30-24(33)29-21-16-19(25)7-8-20(21)17(2)3/h7-8,12,16-18H,5-6,9-11,13-15H2,1-4H3,(H3,28,29,30,32,33)/b26-22?,27-12-. The van der Waals surface area contributed by atoms with Gasteiger partial charge in [-0.05, 0) is 67.4 Å². The highest BCUT2D eigenvalue weighted by molar-refractivity contribution is 7.80. The molecule has 1 fully saturated rings. The van der Waals surface area contributed by atoms with Gasteiger partial charge in [-0.3, -0.25) is 10.3 Å². The molecule has 3 N–H and O–H groups in total. The molecule has 1 heterocycles. The third-order valence-corrected chi connectivity index (χ3v) is 6.11. The van der Waals surface area contributed by atoms with Gasteiger partial charge >= 0.3 is 6.03 Å². The van der Waals surface area contributed by atoms with E-state index in [9.17, 15) is 4.79 Å². The molecule has 0 radical (unpaired) electrons. The van der Waals surface area contributed by atoms with Crippen LogP contribution < -0.4 is 16.0 Å². The maximum Gasteiger partial charge on any atom is 0.321 e. The van der Waals surface area contributed by atoms with Crippen LogP contribution in [0.4, 0.5) is 10.5 Å². The van der Waals surface area contributed by atoms with Gasteiger partial charge < -0.3 is 15.5 Å². The predicted molar refractivity (Wildman–Crippen MR) is 144 cm³/mol. The number of hydrogen-bond acceptors (Lipinski definition) is 3. The summed E-state index contributed by atoms with van der Waals surface area (Å²) in [6.45, 7) is 8.82. The number of unbranched alkanes of at least 4 members (excludes halogenated alkanes) is 1. The van der Waals surface area contributed by atoms with Crippen molar-refractivity contribution in [1.29, 1.82) is 0 Å². The van der Waals surface area contributed by atoms with Gasteiger partial charge in [-0.15, -0.1) is 0 Å². The van der Waals surface area contributed by atoms with Crippen LogP contribution in [0.2, 0.25) is 5.02 Å². The summed E-state index contributed by atoms with van der Waals surface area (Å²) in [6.07, 6.45) is 7.08. The second kappa shape index (κ2) is 14.2. The van der Waals surface area contributed by atoms with Gasteiger partial charge in [0.1, 0.15) is 0 Å². The molecule has 2 amide bonds. The summed E-state index contributed by atoms with van der Waals surface area (Å²) in [4.78, 5) is 23.3. The van der Waals surface area contributed by atoms with Crippen molar-refractivity contribution < 1.29 is 4.79 Å². The molecule has 0 spiro atoms. The minimum Gasteiger partial charge on any atom is -0.341 e. The van der Waals surface area contributed by atoms with Crippen LogP contribution in [-0.4, -0.2) is 54.9 Å². The van der Waals surface area contributed by atoms with Gasteiger partial charge in [0.05, 0.1) is 0 Å². The number of benzene rings is 1. The van der Waals surface area contributed by atoms with E-state index >= 15 is 0 Å². The Balaban J connectivity index is 1.71. The number of piperidine rings is 1. The van der Waals surface area contributed by atoms with Crippen molar-refractivity contribution >= 4 is 52.8 Å². The van der Waals surface area contributed by atoms with E-state index < -0.39 is 0 Å². The number of carbonyl (C=O) groups excluding carboxylic acids is 1. The lowest BCUT2D eigenvalue weighted by atomic mass is 9.94. The number of carbonyl (C=O) groups is 1. The van der Waals surface area contributed by atoms with E-state index in [1.54, 1.807) is 7.05 Å². The Bertz CT molecular complexity index is 849. The molecule has 7 nitrogen and oxygen atoms in total. The largest absolute Gasteiger partial charge is 0.341 e. The molecule has 1 aromatic rings. The average molecular weight is 493 g/mol. The van der Waals surface area contributed by atoms with E-state index in [1.165, 1.54) is 0 Å². The number of rotatable bonds is 7. The van der Waals surface area contributed by atoms with Crippen molar-refractivity contribution in [2.24, 2.45) is 15.9 Å². The van der Waals surface area contributed by atoms with E-state index in [-0.39, 0.29) is 11.1 Å². The van der Waals surface area contributed by atoms with Crippen LogP contribution in [-0.2, 0) is 0 Å². The number of thiocarbonyl (C=S) groups is 1. The second-order valence-corrected chi connectivity index (χ2v) is 9.41. The van der Waals surface area contributed by atoms with Crippen molar-refractivity contribution in [3.8, 4) is 0 Å². The molecule has 1 aromatic carbocycles. The van der Waals surface area contributed by atoms with E-state index in [4.69, 9.17) is 23.8 Å². The SMILES string of the molecule is CCC/C=N\C(=NC)N1CCC(CCNC(=O)NC(=S)Nc2cc(Cl)ccc2C(C)C)CC1. The average Bonchev–Trinajstić information content (AvgIpc) is 2.77. The lowest BCUT2D eigenvalue weighted by Gasteiger charge is -2.32. The Labute approximate surface area is 208 Å². The Morgan fingerprint density at radius 1 is 1.33 bits per heavy atom. The molecule has 0 atom stereocenters. The quantitative estimate of drug-likeness (QED) is 0.270. The van der Waals surface area contributed by atoms with Gasteiger partial charge in [-0.25, -0.2) is 9.79 Å². The fourth-order valence-electron chi connectivity index (χ4n) is 3.81. The summed E-state index contributed by atoms with van der Waals surface area (Å²) in [5.41, 5.74) is 1.89. The Morgan fingerprint density at radius 2 is 2.06 bits per heavy atom. The van der Waals surface area contributed by atoms with Gasteiger partial charge in [0, 0.05) is 43.6 Å². The minimum atomic E-state index is -0.302. The maximum absolute atomic E-state index is 12.3. The number of nitrogens with zero attached hydrogens (tertiary/aromatic N) is 3. The van der Waals surface area contributed by atoms with Gasteiger partial charge in [-0.2, -0.15) is 0 Å². The van der Waals surface area contributed by atoms with Crippen molar-refractivity contribution in [2.45, 2.75) is 58.8 Å². The molecule has 0 aliphatic carbocycles. The molecule has 33 heavy (non-hydrogen) atoms. The van der Waals surface area contributed by atoms with Crippen LogP contribution in [0.1, 0.15) is 64.4 Å². The monoisotopic (exact) mass is 492 g/mol. The van der Waals surface area contributed by atoms with Crippen LogP contribution in [0.3, 0.4) is 0 Å². The maximum atomic E-state index is 12.3. The first kappa shape index (κ1) is 27.1. The first-order valence-electron chi connectivity index (χ1n) is 11.7. The minimum absolute atomic E-state index is 0.250. The van der Waals surface area contributed by atoms with Crippen LogP contribution in [0.25, 0.3) is 0 Å². The molecule has 0 saturated carbocycles.